The fourth-order valence-corrected chi connectivity index (χ4v) is 9.23. The molecule has 2 saturated heterocycles. The minimum Gasteiger partial charge on any atom is -0.508 e. The third-order valence-electron chi connectivity index (χ3n) is 11.8. The van der Waals surface area contributed by atoms with Gasteiger partial charge in [-0.1, -0.05) is 90.5 Å². The number of nitrogens with zero attached hydrogens (tertiary/aromatic N) is 2. The SMILES string of the molecule is O=C(c1ccccc1)c1ccc(N2C(=O)[C@H]3[C@H](CC=C4[C@H]3C[C@H]3C(=O)N(c5ccc(C(=O)c6ccccc6)cc5)C(=O)[C@H]3[C@H]4c3ccccc3O)C2=O)cc1. The van der Waals surface area contributed by atoms with Crippen molar-refractivity contribution in [2.45, 2.75) is 18.8 Å². The zero-order valence-corrected chi connectivity index (χ0v) is 29.4. The number of fused-ring (bicyclic) bond motifs is 4. The van der Waals surface area contributed by atoms with E-state index in [1.807, 2.05) is 18.2 Å². The Balaban J connectivity index is 1.04. The molecule has 9 rings (SSSR count). The van der Waals surface area contributed by atoms with Gasteiger partial charge >= 0.3 is 0 Å². The smallest absolute Gasteiger partial charge is 0.238 e. The first-order chi connectivity index (χ1) is 26.7. The molecule has 0 spiro atoms. The largest absolute Gasteiger partial charge is 0.508 e. The number of benzene rings is 5. The summed E-state index contributed by atoms with van der Waals surface area (Å²) in [5.41, 5.74) is 3.80. The molecule has 0 radical (unpaired) electrons. The summed E-state index contributed by atoms with van der Waals surface area (Å²) in [5, 5.41) is 11.2. The highest BCUT2D eigenvalue weighted by Crippen LogP contribution is 2.59. The van der Waals surface area contributed by atoms with Gasteiger partial charge in [0.25, 0.3) is 0 Å². The molecule has 270 valence electrons. The van der Waals surface area contributed by atoms with Gasteiger partial charge in [-0.3, -0.25) is 38.6 Å². The molecule has 0 aromatic heterocycles. The van der Waals surface area contributed by atoms with Crippen LogP contribution in [0.25, 0.3) is 0 Å². The zero-order chi connectivity index (χ0) is 38.0. The summed E-state index contributed by atoms with van der Waals surface area (Å²) >= 11 is 0. The number of imide groups is 2. The lowest BCUT2D eigenvalue weighted by molar-refractivity contribution is -0.126. The molecule has 1 N–H and O–H groups in total. The van der Waals surface area contributed by atoms with Crippen LogP contribution >= 0.6 is 0 Å². The Morgan fingerprint density at radius 1 is 0.491 bits per heavy atom. The summed E-state index contributed by atoms with van der Waals surface area (Å²) < 4.78 is 0. The predicted molar refractivity (Wildman–Crippen MR) is 203 cm³/mol. The van der Waals surface area contributed by atoms with E-state index < -0.39 is 53.2 Å². The molecule has 5 aromatic rings. The monoisotopic (exact) mass is 726 g/mol. The Kier molecular flexibility index (Phi) is 8.22. The van der Waals surface area contributed by atoms with Crippen LogP contribution in [0, 0.1) is 29.6 Å². The van der Waals surface area contributed by atoms with Crippen LogP contribution in [0.1, 0.15) is 56.2 Å². The van der Waals surface area contributed by atoms with Crippen molar-refractivity contribution in [3.8, 4) is 5.75 Å². The molecule has 4 amide bonds. The molecule has 0 bridgehead atoms. The number of aromatic hydroxyl groups is 1. The van der Waals surface area contributed by atoms with Crippen molar-refractivity contribution in [3.05, 3.63) is 173 Å². The number of amides is 4. The van der Waals surface area contributed by atoms with E-state index in [-0.39, 0.29) is 36.1 Å². The van der Waals surface area contributed by atoms with Crippen LogP contribution in [0.4, 0.5) is 11.4 Å². The number of allylic oxidation sites excluding steroid dienone is 2. The Bertz CT molecular complexity index is 2440. The van der Waals surface area contributed by atoms with Gasteiger partial charge in [0.2, 0.25) is 23.6 Å². The molecule has 2 heterocycles. The molecule has 4 aliphatic rings. The molecule has 9 nitrogen and oxygen atoms in total. The molecular weight excluding hydrogens is 693 g/mol. The van der Waals surface area contributed by atoms with Gasteiger partial charge in [-0.2, -0.15) is 0 Å². The van der Waals surface area contributed by atoms with E-state index in [1.165, 1.54) is 9.80 Å². The summed E-state index contributed by atoms with van der Waals surface area (Å²) in [6, 6.07) is 37.2. The van der Waals surface area contributed by atoms with Crippen LogP contribution in [0.5, 0.6) is 5.75 Å². The van der Waals surface area contributed by atoms with Gasteiger partial charge in [0.15, 0.2) is 11.6 Å². The number of phenols is 1. The number of carbonyl (C=O) groups is 6. The lowest BCUT2D eigenvalue weighted by Crippen LogP contribution is -2.43. The number of phenolic OH excluding ortho intramolecular Hbond substituents is 1. The molecule has 55 heavy (non-hydrogen) atoms. The Morgan fingerprint density at radius 2 is 0.945 bits per heavy atom. The Morgan fingerprint density at radius 3 is 1.47 bits per heavy atom. The normalized spacial score (nSPS) is 24.3. The van der Waals surface area contributed by atoms with Crippen molar-refractivity contribution in [1.29, 1.82) is 0 Å². The summed E-state index contributed by atoms with van der Waals surface area (Å²) in [6.07, 6.45) is 2.36. The van der Waals surface area contributed by atoms with Crippen molar-refractivity contribution in [2.75, 3.05) is 9.80 Å². The van der Waals surface area contributed by atoms with Crippen LogP contribution in [0.3, 0.4) is 0 Å². The van der Waals surface area contributed by atoms with Crippen LogP contribution < -0.4 is 9.80 Å². The van der Waals surface area contributed by atoms with Gasteiger partial charge < -0.3 is 5.11 Å². The van der Waals surface area contributed by atoms with E-state index >= 15 is 0 Å². The number of hydrogen-bond donors (Lipinski definition) is 1. The number of para-hydroxylation sites is 1. The second kappa shape index (κ2) is 13.3. The minimum absolute atomic E-state index is 0.0296. The van der Waals surface area contributed by atoms with E-state index in [9.17, 15) is 33.9 Å². The number of hydrogen-bond acceptors (Lipinski definition) is 7. The van der Waals surface area contributed by atoms with Gasteiger partial charge in [0.1, 0.15) is 5.75 Å². The highest BCUT2D eigenvalue weighted by molar-refractivity contribution is 6.24. The molecule has 2 aliphatic carbocycles. The number of rotatable bonds is 7. The molecule has 1 saturated carbocycles. The van der Waals surface area contributed by atoms with Gasteiger partial charge in [-0.05, 0) is 73.4 Å². The van der Waals surface area contributed by atoms with E-state index in [0.29, 0.717) is 39.2 Å². The van der Waals surface area contributed by atoms with Crippen molar-refractivity contribution in [1.82, 2.24) is 0 Å². The second-order valence-corrected chi connectivity index (χ2v) is 14.6. The molecule has 9 heteroatoms. The second-order valence-electron chi connectivity index (χ2n) is 14.6. The van der Waals surface area contributed by atoms with E-state index in [4.69, 9.17) is 0 Å². The van der Waals surface area contributed by atoms with Gasteiger partial charge in [0.05, 0.1) is 35.0 Å². The van der Waals surface area contributed by atoms with Gasteiger partial charge in [-0.15, -0.1) is 0 Å². The first-order valence-corrected chi connectivity index (χ1v) is 18.4. The average Bonchev–Trinajstić information content (AvgIpc) is 3.63. The lowest BCUT2D eigenvalue weighted by Gasteiger charge is -2.44. The van der Waals surface area contributed by atoms with E-state index in [0.717, 1.165) is 5.57 Å². The quantitative estimate of drug-likeness (QED) is 0.110. The number of ketones is 2. The van der Waals surface area contributed by atoms with Crippen molar-refractivity contribution < 1.29 is 33.9 Å². The molecular formula is C46H34N2O7. The maximum atomic E-state index is 14.5. The van der Waals surface area contributed by atoms with Crippen molar-refractivity contribution in [2.24, 2.45) is 29.6 Å². The Labute approximate surface area is 316 Å². The molecule has 2 aliphatic heterocycles. The standard InChI is InChI=1S/C46H34N2O7/c49-37-14-8-7-13-33(37)38-32-23-24-34-39(45(54)47(43(34)52)30-19-15-28(16-20-30)41(50)26-9-3-1-4-10-26)35(32)25-36-40(38)46(55)48(44(36)53)31-21-17-29(18-22-31)42(51)27-11-5-2-6-12-27/h1-23,34-36,38-40,49H,24-25H2/t34-,35+,36+,38+,39-,40+/m0/s1. The fourth-order valence-electron chi connectivity index (χ4n) is 9.23. The van der Waals surface area contributed by atoms with Crippen LogP contribution in [-0.4, -0.2) is 40.3 Å². The zero-order valence-electron chi connectivity index (χ0n) is 29.4. The minimum atomic E-state index is -0.858. The first-order valence-electron chi connectivity index (χ1n) is 18.4. The highest BCUT2D eigenvalue weighted by Gasteiger charge is 2.62. The molecule has 3 fully saturated rings. The summed E-state index contributed by atoms with van der Waals surface area (Å²) in [6.45, 7) is 0. The predicted octanol–water partition coefficient (Wildman–Crippen LogP) is 6.90. The van der Waals surface area contributed by atoms with Crippen molar-refractivity contribution >= 4 is 46.6 Å². The molecule has 5 aromatic carbocycles. The van der Waals surface area contributed by atoms with E-state index in [1.54, 1.807) is 121 Å². The maximum absolute atomic E-state index is 14.5. The lowest BCUT2D eigenvalue weighted by atomic mass is 9.57. The van der Waals surface area contributed by atoms with Gasteiger partial charge in [-0.25, -0.2) is 0 Å². The summed E-state index contributed by atoms with van der Waals surface area (Å²) in [7, 11) is 0. The van der Waals surface area contributed by atoms with Crippen LogP contribution in [0.15, 0.2) is 145 Å². The molecule has 6 atom stereocenters. The Hall–Kier alpha value is -6.74. The highest BCUT2D eigenvalue weighted by atomic mass is 16.3. The van der Waals surface area contributed by atoms with E-state index in [2.05, 4.69) is 0 Å². The number of carbonyl (C=O) groups excluding carboxylic acids is 6. The summed E-state index contributed by atoms with van der Waals surface area (Å²) in [4.78, 5) is 85.9. The molecule has 0 unspecified atom stereocenters. The average molecular weight is 727 g/mol. The third-order valence-corrected chi connectivity index (χ3v) is 11.8. The number of anilines is 2. The van der Waals surface area contributed by atoms with Gasteiger partial charge in [0, 0.05) is 33.7 Å². The topological polar surface area (TPSA) is 129 Å². The third kappa shape index (κ3) is 5.45. The van der Waals surface area contributed by atoms with Crippen LogP contribution in [0.2, 0.25) is 0 Å². The van der Waals surface area contributed by atoms with Crippen LogP contribution in [-0.2, 0) is 19.2 Å². The van der Waals surface area contributed by atoms with Crippen molar-refractivity contribution in [3.63, 3.8) is 0 Å². The summed E-state index contributed by atoms with van der Waals surface area (Å²) in [5.74, 6) is -6.40. The first kappa shape index (κ1) is 34.1. The fraction of sp³-hybridized carbons (Fsp3) is 0.174. The maximum Gasteiger partial charge on any atom is 0.238 e.